The zero-order chi connectivity index (χ0) is 14.4. The van der Waals surface area contributed by atoms with Crippen LogP contribution in [0.3, 0.4) is 0 Å². The number of rotatable bonds is 1. The van der Waals surface area contributed by atoms with Gasteiger partial charge in [-0.3, -0.25) is 9.59 Å². The van der Waals surface area contributed by atoms with E-state index < -0.39 is 0 Å². The molecule has 4 rings (SSSR count). The van der Waals surface area contributed by atoms with Crippen LogP contribution >= 0.6 is 0 Å². The van der Waals surface area contributed by atoms with Crippen molar-refractivity contribution in [3.8, 4) is 0 Å². The topological polar surface area (TPSA) is 47.3 Å². The molecular formula is C18H10O3. The quantitative estimate of drug-likeness (QED) is 0.636. The molecule has 2 aromatic carbocycles. The van der Waals surface area contributed by atoms with E-state index in [1.54, 1.807) is 0 Å². The van der Waals surface area contributed by atoms with Crippen LogP contribution in [0.4, 0.5) is 0 Å². The van der Waals surface area contributed by atoms with Crippen LogP contribution < -0.4 is 0 Å². The number of benzene rings is 2. The summed E-state index contributed by atoms with van der Waals surface area (Å²) in [5.74, 6) is -0.332. The second kappa shape index (κ2) is 4.28. The van der Waals surface area contributed by atoms with Crippen molar-refractivity contribution < 1.29 is 14.0 Å². The fraction of sp³-hybridized carbons (Fsp3) is 0. The number of para-hydroxylation sites is 1. The van der Waals surface area contributed by atoms with Gasteiger partial charge in [0.1, 0.15) is 11.2 Å². The first-order chi connectivity index (χ1) is 10.2. The summed E-state index contributed by atoms with van der Waals surface area (Å²) in [6.07, 6.45) is 4.00. The van der Waals surface area contributed by atoms with Gasteiger partial charge < -0.3 is 4.42 Å². The van der Waals surface area contributed by atoms with Crippen molar-refractivity contribution in [1.29, 1.82) is 0 Å². The number of ketones is 2. The first-order valence-corrected chi connectivity index (χ1v) is 6.63. The molecule has 3 heteroatoms. The molecule has 21 heavy (non-hydrogen) atoms. The Morgan fingerprint density at radius 2 is 1.62 bits per heavy atom. The molecule has 0 fully saturated rings. The highest BCUT2D eigenvalue weighted by atomic mass is 16.3. The minimum atomic E-state index is -0.172. The Balaban J connectivity index is 2.10. The van der Waals surface area contributed by atoms with E-state index in [4.69, 9.17) is 4.42 Å². The summed E-state index contributed by atoms with van der Waals surface area (Å²) in [7, 11) is 0. The third-order valence-corrected chi connectivity index (χ3v) is 3.64. The number of carbonyl (C=O) groups excluding carboxylic acids is 2. The molecule has 0 N–H and O–H groups in total. The summed E-state index contributed by atoms with van der Waals surface area (Å²) in [5.41, 5.74) is 2.63. The molecule has 1 aromatic heterocycles. The maximum atomic E-state index is 12.1. The van der Waals surface area contributed by atoms with Gasteiger partial charge in [-0.15, -0.1) is 0 Å². The van der Waals surface area contributed by atoms with Crippen LogP contribution in [0.1, 0.15) is 5.56 Å². The van der Waals surface area contributed by atoms with Gasteiger partial charge in [0.05, 0.1) is 0 Å². The van der Waals surface area contributed by atoms with Crippen molar-refractivity contribution in [2.24, 2.45) is 0 Å². The predicted molar refractivity (Wildman–Crippen MR) is 80.9 cm³/mol. The smallest absolute Gasteiger partial charge is 0.186 e. The fourth-order valence-electron chi connectivity index (χ4n) is 2.72. The van der Waals surface area contributed by atoms with Gasteiger partial charge in [0.15, 0.2) is 11.6 Å². The monoisotopic (exact) mass is 274 g/mol. The van der Waals surface area contributed by atoms with Gasteiger partial charge in [-0.25, -0.2) is 0 Å². The van der Waals surface area contributed by atoms with E-state index in [-0.39, 0.29) is 11.6 Å². The molecule has 0 atom stereocenters. The number of hydrogen-bond acceptors (Lipinski definition) is 3. The molecule has 0 radical (unpaired) electrons. The molecule has 0 saturated carbocycles. The lowest BCUT2D eigenvalue weighted by Gasteiger charge is -2.08. The SMILES string of the molecule is O=C1C=CC(=O)C(c2cccc3oc4ccccc4c23)=C1. The van der Waals surface area contributed by atoms with Crippen molar-refractivity contribution in [3.63, 3.8) is 0 Å². The predicted octanol–water partition coefficient (Wildman–Crippen LogP) is 3.68. The van der Waals surface area contributed by atoms with Crippen molar-refractivity contribution >= 4 is 39.1 Å². The van der Waals surface area contributed by atoms with E-state index >= 15 is 0 Å². The van der Waals surface area contributed by atoms with Crippen LogP contribution in [-0.2, 0) is 9.59 Å². The zero-order valence-corrected chi connectivity index (χ0v) is 11.0. The Morgan fingerprint density at radius 1 is 0.810 bits per heavy atom. The summed E-state index contributed by atoms with van der Waals surface area (Å²) in [4.78, 5) is 23.7. The molecule has 0 amide bonds. The van der Waals surface area contributed by atoms with Crippen LogP contribution in [0.15, 0.2) is 65.1 Å². The first kappa shape index (κ1) is 11.9. The molecule has 3 nitrogen and oxygen atoms in total. The summed E-state index contributed by atoms with van der Waals surface area (Å²) in [6, 6.07) is 13.2. The van der Waals surface area contributed by atoms with Gasteiger partial charge in [-0.1, -0.05) is 30.3 Å². The summed E-state index contributed by atoms with van der Waals surface area (Å²) in [5, 5.41) is 1.81. The van der Waals surface area contributed by atoms with Gasteiger partial charge in [-0.05, 0) is 35.9 Å². The Bertz CT molecular complexity index is 970. The normalized spacial score (nSPS) is 15.0. The summed E-state index contributed by atoms with van der Waals surface area (Å²) >= 11 is 0. The molecule has 1 aliphatic rings. The second-order valence-corrected chi connectivity index (χ2v) is 4.93. The summed E-state index contributed by atoms with van der Waals surface area (Å²) < 4.78 is 5.80. The lowest BCUT2D eigenvalue weighted by molar-refractivity contribution is -0.113. The minimum Gasteiger partial charge on any atom is -0.456 e. The van der Waals surface area contributed by atoms with Gasteiger partial charge in [0.2, 0.25) is 0 Å². The maximum absolute atomic E-state index is 12.1. The molecule has 100 valence electrons. The van der Waals surface area contributed by atoms with Crippen LogP contribution in [0.5, 0.6) is 0 Å². The maximum Gasteiger partial charge on any atom is 0.186 e. The fourth-order valence-corrected chi connectivity index (χ4v) is 2.72. The standard InChI is InChI=1S/C18H10O3/c19-11-8-9-15(20)14(10-11)12-5-3-7-17-18(12)13-4-1-2-6-16(13)21-17/h1-10H. The van der Waals surface area contributed by atoms with E-state index in [0.29, 0.717) is 11.2 Å². The highest BCUT2D eigenvalue weighted by Crippen LogP contribution is 2.35. The lowest BCUT2D eigenvalue weighted by atomic mass is 9.93. The largest absolute Gasteiger partial charge is 0.456 e. The van der Waals surface area contributed by atoms with E-state index in [0.717, 1.165) is 21.9 Å². The van der Waals surface area contributed by atoms with E-state index in [2.05, 4.69) is 0 Å². The van der Waals surface area contributed by atoms with Crippen LogP contribution in [0.2, 0.25) is 0 Å². The average Bonchev–Trinajstić information content (AvgIpc) is 2.88. The van der Waals surface area contributed by atoms with E-state index in [1.807, 2.05) is 42.5 Å². The van der Waals surface area contributed by atoms with Crippen molar-refractivity contribution in [2.45, 2.75) is 0 Å². The van der Waals surface area contributed by atoms with Crippen molar-refractivity contribution in [3.05, 3.63) is 66.3 Å². The molecule has 1 aliphatic carbocycles. The van der Waals surface area contributed by atoms with Crippen LogP contribution in [0, 0.1) is 0 Å². The molecule has 0 spiro atoms. The average molecular weight is 274 g/mol. The van der Waals surface area contributed by atoms with Gasteiger partial charge >= 0.3 is 0 Å². The van der Waals surface area contributed by atoms with Crippen LogP contribution in [0.25, 0.3) is 27.5 Å². The number of hydrogen-bond donors (Lipinski definition) is 0. The Kier molecular flexibility index (Phi) is 2.42. The van der Waals surface area contributed by atoms with Crippen LogP contribution in [-0.4, -0.2) is 11.6 Å². The van der Waals surface area contributed by atoms with Gasteiger partial charge in [0.25, 0.3) is 0 Å². The highest BCUT2D eigenvalue weighted by Gasteiger charge is 2.19. The molecule has 3 aromatic rings. The Labute approximate surface area is 120 Å². The molecule has 0 saturated heterocycles. The van der Waals surface area contributed by atoms with E-state index in [9.17, 15) is 9.59 Å². The van der Waals surface area contributed by atoms with Gasteiger partial charge in [-0.2, -0.15) is 0 Å². The first-order valence-electron chi connectivity index (χ1n) is 6.63. The zero-order valence-electron chi connectivity index (χ0n) is 11.0. The Hall–Kier alpha value is -2.94. The summed E-state index contributed by atoms with van der Waals surface area (Å²) in [6.45, 7) is 0. The third kappa shape index (κ3) is 1.75. The molecule has 0 bridgehead atoms. The Morgan fingerprint density at radius 3 is 2.52 bits per heavy atom. The second-order valence-electron chi connectivity index (χ2n) is 4.93. The molecule has 0 aliphatic heterocycles. The van der Waals surface area contributed by atoms with Crippen molar-refractivity contribution in [2.75, 3.05) is 0 Å². The number of furan rings is 1. The number of allylic oxidation sites excluding steroid dienone is 4. The van der Waals surface area contributed by atoms with Gasteiger partial charge in [0, 0.05) is 16.3 Å². The molecule has 0 unspecified atom stereocenters. The highest BCUT2D eigenvalue weighted by molar-refractivity contribution is 6.36. The van der Waals surface area contributed by atoms with E-state index in [1.165, 1.54) is 18.2 Å². The van der Waals surface area contributed by atoms with Crippen molar-refractivity contribution in [1.82, 2.24) is 0 Å². The lowest BCUT2D eigenvalue weighted by Crippen LogP contribution is -2.06. The molecular weight excluding hydrogens is 264 g/mol. The molecule has 1 heterocycles. The minimum absolute atomic E-state index is 0.160. The number of carbonyl (C=O) groups is 2. The third-order valence-electron chi connectivity index (χ3n) is 3.64. The number of fused-ring (bicyclic) bond motifs is 3.